The summed E-state index contributed by atoms with van der Waals surface area (Å²) in [7, 11) is -4.51. The molecule has 0 saturated heterocycles. The minimum absolute atomic E-state index is 0. The van der Waals surface area contributed by atoms with Crippen molar-refractivity contribution < 1.29 is 36.8 Å². The van der Waals surface area contributed by atoms with Crippen molar-refractivity contribution in [2.75, 3.05) is 0 Å². The van der Waals surface area contributed by atoms with Crippen LogP contribution in [0, 0.1) is 20.8 Å². The summed E-state index contributed by atoms with van der Waals surface area (Å²) in [6.45, 7) is 5.28. The summed E-state index contributed by atoms with van der Waals surface area (Å²) in [4.78, 5) is 24.9. The first-order valence-corrected chi connectivity index (χ1v) is 14.8. The molecule has 1 heterocycles. The maximum absolute atomic E-state index is 14.1. The van der Waals surface area contributed by atoms with Gasteiger partial charge in [0.25, 0.3) is 0 Å². The quantitative estimate of drug-likeness (QED) is 0.113. The van der Waals surface area contributed by atoms with E-state index in [1.807, 2.05) is 50.2 Å². The number of benzene rings is 4. The van der Waals surface area contributed by atoms with Crippen molar-refractivity contribution in [3.8, 4) is 22.6 Å². The first kappa shape index (κ1) is 32.8. The molecule has 5 rings (SSSR count). The molecule has 220 valence electrons. The van der Waals surface area contributed by atoms with Crippen LogP contribution in [-0.2, 0) is 16.5 Å². The van der Waals surface area contributed by atoms with E-state index in [4.69, 9.17) is 8.60 Å². The van der Waals surface area contributed by atoms with Crippen molar-refractivity contribution in [3.05, 3.63) is 136 Å². The van der Waals surface area contributed by atoms with Gasteiger partial charge in [0, 0.05) is 29.2 Å². The molecule has 44 heavy (non-hydrogen) atoms. The number of carbonyl (C=O) groups is 2. The molecular formula is C34H29NaO8S. The Labute approximate surface area is 277 Å². The van der Waals surface area contributed by atoms with Gasteiger partial charge in [0.1, 0.15) is 27.7 Å². The molecule has 4 aromatic carbocycles. The Balaban J connectivity index is 0.00000442. The van der Waals surface area contributed by atoms with Crippen LogP contribution in [0.5, 0.6) is 11.5 Å². The van der Waals surface area contributed by atoms with Gasteiger partial charge in [0.05, 0.1) is 5.56 Å². The molecule has 1 aromatic heterocycles. The summed E-state index contributed by atoms with van der Waals surface area (Å²) >= 11 is 0. The predicted octanol–water partition coefficient (Wildman–Crippen LogP) is 6.22. The first-order chi connectivity index (χ1) is 20.5. The molecule has 0 saturated carbocycles. The van der Waals surface area contributed by atoms with Gasteiger partial charge in [-0.05, 0) is 61.7 Å². The zero-order valence-corrected chi connectivity index (χ0v) is 24.4. The molecule has 0 fully saturated rings. The molecule has 0 unspecified atom stereocenters. The molecule has 5 aromatic rings. The number of rotatable bonds is 9. The molecule has 0 bridgehead atoms. The number of furan rings is 1. The van der Waals surface area contributed by atoms with Crippen molar-refractivity contribution >= 4 is 51.4 Å². The number of aryl methyl sites for hydroxylation is 2. The van der Waals surface area contributed by atoms with Gasteiger partial charge in [-0.1, -0.05) is 60.7 Å². The van der Waals surface area contributed by atoms with Crippen molar-refractivity contribution in [1.82, 2.24) is 0 Å². The molecule has 0 aliphatic rings. The van der Waals surface area contributed by atoms with E-state index in [1.54, 1.807) is 43.3 Å². The average molecular weight is 621 g/mol. The summed E-state index contributed by atoms with van der Waals surface area (Å²) in [6.07, 6.45) is 0.425. The Morgan fingerprint density at radius 2 is 1.50 bits per heavy atom. The molecule has 0 aliphatic carbocycles. The van der Waals surface area contributed by atoms with Crippen LogP contribution >= 0.6 is 0 Å². The number of aromatic hydroxyl groups is 1. The van der Waals surface area contributed by atoms with Crippen LogP contribution in [0.2, 0.25) is 0 Å². The molecule has 8 nitrogen and oxygen atoms in total. The van der Waals surface area contributed by atoms with Crippen LogP contribution in [0.15, 0.2) is 100 Å². The Morgan fingerprint density at radius 3 is 2.11 bits per heavy atom. The van der Waals surface area contributed by atoms with E-state index in [9.17, 15) is 28.2 Å². The fourth-order valence-electron chi connectivity index (χ4n) is 4.90. The van der Waals surface area contributed by atoms with Gasteiger partial charge in [-0.25, -0.2) is 4.79 Å². The van der Waals surface area contributed by atoms with Crippen LogP contribution in [-0.4, -0.2) is 59.9 Å². The third-order valence-electron chi connectivity index (χ3n) is 7.20. The number of carboxylic acid groups (broad SMARTS) is 1. The van der Waals surface area contributed by atoms with Gasteiger partial charge >= 0.3 is 45.6 Å². The maximum atomic E-state index is 14.1. The van der Waals surface area contributed by atoms with E-state index in [0.29, 0.717) is 45.8 Å². The second kappa shape index (κ2) is 13.2. The van der Waals surface area contributed by atoms with Gasteiger partial charge in [0.15, 0.2) is 11.5 Å². The summed E-state index contributed by atoms with van der Waals surface area (Å²) in [5.41, 5.74) is 3.39. The molecular weight excluding hydrogens is 591 g/mol. The summed E-state index contributed by atoms with van der Waals surface area (Å²) in [6, 6.07) is 24.6. The average Bonchev–Trinajstić information content (AvgIpc) is 3.26. The summed E-state index contributed by atoms with van der Waals surface area (Å²) in [5.74, 6) is -1.22. The second-order valence-electron chi connectivity index (χ2n) is 10.1. The number of hydrogen-bond donors (Lipinski definition) is 2. The number of hydrogen-bond acceptors (Lipinski definition) is 7. The number of carbonyl (C=O) groups excluding carboxylic acids is 1. The Kier molecular flexibility index (Phi) is 9.85. The molecule has 2 N–H and O–H groups in total. The molecule has 0 spiro atoms. The Morgan fingerprint density at radius 1 is 0.864 bits per heavy atom. The minimum atomic E-state index is -4.51. The predicted molar refractivity (Wildman–Crippen MR) is 168 cm³/mol. The molecule has 0 amide bonds. The number of aromatic carboxylic acids is 1. The third-order valence-corrected chi connectivity index (χ3v) is 8.41. The van der Waals surface area contributed by atoms with Gasteiger partial charge in [-0.2, -0.15) is 8.42 Å². The van der Waals surface area contributed by atoms with E-state index in [2.05, 4.69) is 0 Å². The van der Waals surface area contributed by atoms with E-state index < -0.39 is 32.3 Å². The monoisotopic (exact) mass is 620 g/mol. The van der Waals surface area contributed by atoms with Gasteiger partial charge in [-0.15, -0.1) is 0 Å². The van der Waals surface area contributed by atoms with Crippen molar-refractivity contribution in [2.24, 2.45) is 0 Å². The van der Waals surface area contributed by atoms with E-state index in [-0.39, 0.29) is 41.1 Å². The summed E-state index contributed by atoms with van der Waals surface area (Å²) < 4.78 is 38.3. The summed E-state index contributed by atoms with van der Waals surface area (Å²) in [5, 5.41) is 19.3. The molecule has 10 heteroatoms. The Hall–Kier alpha value is -4.15. The zero-order chi connectivity index (χ0) is 30.9. The molecule has 0 radical (unpaired) electrons. The first-order valence-electron chi connectivity index (χ1n) is 13.3. The number of carboxylic acids is 1. The van der Waals surface area contributed by atoms with Crippen LogP contribution in [0.25, 0.3) is 11.1 Å². The SMILES string of the molecule is Cc1cc(C(=O)c2c(Cc3ccccc3)oc(C)c2C)cc(-c2ccccc2)c1OS(=O)(=O)c1ccc(C(=O)O)c(O)c1.[NaH]. The zero-order valence-electron chi connectivity index (χ0n) is 23.6. The molecule has 0 atom stereocenters. The second-order valence-corrected chi connectivity index (χ2v) is 11.7. The van der Waals surface area contributed by atoms with E-state index in [1.165, 1.54) is 0 Å². The van der Waals surface area contributed by atoms with Gasteiger partial charge in [-0.3, -0.25) is 4.79 Å². The van der Waals surface area contributed by atoms with Crippen molar-refractivity contribution in [1.29, 1.82) is 0 Å². The van der Waals surface area contributed by atoms with E-state index in [0.717, 1.165) is 29.3 Å². The fraction of sp³-hybridized carbons (Fsp3) is 0.118. The third kappa shape index (κ3) is 6.66. The number of ketones is 1. The van der Waals surface area contributed by atoms with Crippen molar-refractivity contribution in [3.63, 3.8) is 0 Å². The van der Waals surface area contributed by atoms with Crippen LogP contribution in [0.1, 0.15) is 54.5 Å². The number of phenols is 1. The van der Waals surface area contributed by atoms with Crippen LogP contribution < -0.4 is 4.18 Å². The van der Waals surface area contributed by atoms with Crippen LogP contribution in [0.4, 0.5) is 0 Å². The molecule has 0 aliphatic heterocycles. The fourth-order valence-corrected chi connectivity index (χ4v) is 5.93. The van der Waals surface area contributed by atoms with Crippen LogP contribution in [0.3, 0.4) is 0 Å². The standard InChI is InChI=1S/C34H28O8S.Na.H/c1-20-16-25(32(36)31-21(2)22(3)41-30(31)17-23-10-6-4-7-11-23)18-28(24-12-8-5-9-13-24)33(20)42-43(39,40)26-14-15-27(34(37)38)29(35)19-26;;/h4-16,18-19,35H,17H2,1-3H3,(H,37,38);;. The van der Waals surface area contributed by atoms with Crippen molar-refractivity contribution in [2.45, 2.75) is 32.1 Å². The van der Waals surface area contributed by atoms with Gasteiger partial charge in [0.2, 0.25) is 0 Å². The van der Waals surface area contributed by atoms with Gasteiger partial charge < -0.3 is 18.8 Å². The normalized spacial score (nSPS) is 11.1. The van der Waals surface area contributed by atoms with E-state index >= 15 is 0 Å². The Bertz CT molecular complexity index is 1960. The topological polar surface area (TPSA) is 131 Å².